The molecule has 20 heavy (non-hydrogen) atoms. The van der Waals surface area contributed by atoms with Crippen LogP contribution in [-0.4, -0.2) is 22.1 Å². The maximum absolute atomic E-state index is 13.3. The Morgan fingerprint density at radius 3 is 2.10 bits per heavy atom. The van der Waals surface area contributed by atoms with Gasteiger partial charge in [-0.3, -0.25) is 4.79 Å². The van der Waals surface area contributed by atoms with Crippen molar-refractivity contribution in [3.8, 4) is 5.75 Å². The van der Waals surface area contributed by atoms with Crippen LogP contribution in [0.3, 0.4) is 0 Å². The normalized spacial score (nSPS) is 20.6. The van der Waals surface area contributed by atoms with Crippen LogP contribution in [0.2, 0.25) is 0 Å². The van der Waals surface area contributed by atoms with Crippen LogP contribution in [0.15, 0.2) is 12.1 Å². The third kappa shape index (κ3) is 2.37. The van der Waals surface area contributed by atoms with Gasteiger partial charge in [-0.1, -0.05) is 6.07 Å². The summed E-state index contributed by atoms with van der Waals surface area (Å²) in [6.45, 7) is 3.62. The molecule has 110 valence electrons. The van der Waals surface area contributed by atoms with E-state index in [9.17, 15) is 23.8 Å². The fourth-order valence-corrected chi connectivity index (χ4v) is 2.83. The monoisotopic (exact) mass is 284 g/mol. The van der Waals surface area contributed by atoms with Crippen molar-refractivity contribution in [3.05, 3.63) is 28.8 Å². The molecule has 1 fully saturated rings. The summed E-state index contributed by atoms with van der Waals surface area (Å²) >= 11 is 0. The predicted octanol–water partition coefficient (Wildman–Crippen LogP) is 3.54. The van der Waals surface area contributed by atoms with E-state index < -0.39 is 30.1 Å². The maximum atomic E-state index is 13.3. The molecule has 1 aromatic carbocycles. The Hall–Kier alpha value is -1.65. The molecule has 0 heterocycles. The van der Waals surface area contributed by atoms with Gasteiger partial charge in [0, 0.05) is 18.4 Å². The Balaban J connectivity index is 2.50. The second kappa shape index (κ2) is 4.72. The van der Waals surface area contributed by atoms with Crippen LogP contribution in [0.25, 0.3) is 0 Å². The highest BCUT2D eigenvalue weighted by molar-refractivity contribution is 5.83. The topological polar surface area (TPSA) is 57.5 Å². The van der Waals surface area contributed by atoms with Gasteiger partial charge in [0.2, 0.25) is 5.92 Å². The molecule has 3 nitrogen and oxygen atoms in total. The molecule has 0 aromatic heterocycles. The fourth-order valence-electron chi connectivity index (χ4n) is 2.83. The summed E-state index contributed by atoms with van der Waals surface area (Å²) in [4.78, 5) is 11.7. The number of aryl methyl sites for hydroxylation is 2. The van der Waals surface area contributed by atoms with E-state index in [1.54, 1.807) is 13.0 Å². The molecule has 5 heteroatoms. The summed E-state index contributed by atoms with van der Waals surface area (Å²) in [5, 5.41) is 19.6. The molecule has 2 N–H and O–H groups in total. The molecule has 0 bridgehead atoms. The van der Waals surface area contributed by atoms with Gasteiger partial charge in [0.25, 0.3) is 0 Å². The Morgan fingerprint density at radius 1 is 1.10 bits per heavy atom. The maximum Gasteiger partial charge on any atom is 0.314 e. The van der Waals surface area contributed by atoms with E-state index in [1.807, 2.05) is 6.92 Å². The quantitative estimate of drug-likeness (QED) is 0.873. The summed E-state index contributed by atoms with van der Waals surface area (Å²) in [7, 11) is 0. The average molecular weight is 284 g/mol. The summed E-state index contributed by atoms with van der Waals surface area (Å²) in [5.41, 5.74) is 0.525. The van der Waals surface area contributed by atoms with Gasteiger partial charge in [-0.15, -0.1) is 0 Å². The molecule has 1 aromatic rings. The molecule has 0 unspecified atom stereocenters. The van der Waals surface area contributed by atoms with Crippen LogP contribution in [0.5, 0.6) is 5.75 Å². The van der Waals surface area contributed by atoms with E-state index >= 15 is 0 Å². The van der Waals surface area contributed by atoms with Crippen molar-refractivity contribution in [3.63, 3.8) is 0 Å². The van der Waals surface area contributed by atoms with Crippen molar-refractivity contribution in [2.75, 3.05) is 0 Å². The van der Waals surface area contributed by atoms with Crippen LogP contribution >= 0.6 is 0 Å². The lowest BCUT2D eigenvalue weighted by molar-refractivity contribution is -0.149. The number of carboxylic acids is 1. The predicted molar refractivity (Wildman–Crippen MR) is 70.3 cm³/mol. The highest BCUT2D eigenvalue weighted by Gasteiger charge is 2.50. The number of halogens is 2. The molecule has 0 aliphatic heterocycles. The minimum atomic E-state index is -2.81. The van der Waals surface area contributed by atoms with Crippen molar-refractivity contribution >= 4 is 5.97 Å². The SMILES string of the molecule is Cc1cc(O)c(C2(C(=O)O)CCC(F)(F)CC2)cc1C. The lowest BCUT2D eigenvalue weighted by Gasteiger charge is -2.37. The van der Waals surface area contributed by atoms with Crippen molar-refractivity contribution < 1.29 is 23.8 Å². The first kappa shape index (κ1) is 14.8. The summed E-state index contributed by atoms with van der Waals surface area (Å²) < 4.78 is 26.6. The highest BCUT2D eigenvalue weighted by atomic mass is 19.3. The van der Waals surface area contributed by atoms with Crippen molar-refractivity contribution in [1.82, 2.24) is 0 Å². The minimum Gasteiger partial charge on any atom is -0.508 e. The van der Waals surface area contributed by atoms with Crippen molar-refractivity contribution in [2.45, 2.75) is 50.9 Å². The van der Waals surface area contributed by atoms with Gasteiger partial charge in [0.1, 0.15) is 5.75 Å². The van der Waals surface area contributed by atoms with E-state index in [1.165, 1.54) is 6.07 Å². The molecular formula is C15H18F2O3. The van der Waals surface area contributed by atoms with Crippen molar-refractivity contribution in [1.29, 1.82) is 0 Å². The van der Waals surface area contributed by atoms with Gasteiger partial charge in [-0.05, 0) is 43.9 Å². The fraction of sp³-hybridized carbons (Fsp3) is 0.533. The molecule has 1 aliphatic rings. The Morgan fingerprint density at radius 2 is 1.60 bits per heavy atom. The number of carboxylic acid groups (broad SMARTS) is 1. The molecule has 0 spiro atoms. The van der Waals surface area contributed by atoms with Crippen LogP contribution in [0.4, 0.5) is 8.78 Å². The molecule has 0 amide bonds. The van der Waals surface area contributed by atoms with E-state index in [4.69, 9.17) is 0 Å². The van der Waals surface area contributed by atoms with Gasteiger partial charge in [0.05, 0.1) is 5.41 Å². The molecule has 2 rings (SSSR count). The number of benzene rings is 1. The number of rotatable bonds is 2. The number of phenols is 1. The second-order valence-electron chi connectivity index (χ2n) is 5.70. The van der Waals surface area contributed by atoms with Crippen molar-refractivity contribution in [2.24, 2.45) is 0 Å². The minimum absolute atomic E-state index is 0.124. The highest BCUT2D eigenvalue weighted by Crippen LogP contribution is 2.48. The van der Waals surface area contributed by atoms with Crippen LogP contribution in [-0.2, 0) is 10.2 Å². The smallest absolute Gasteiger partial charge is 0.314 e. The Kier molecular flexibility index (Phi) is 3.48. The third-order valence-corrected chi connectivity index (χ3v) is 4.37. The molecular weight excluding hydrogens is 266 g/mol. The second-order valence-corrected chi connectivity index (χ2v) is 5.70. The molecule has 1 aliphatic carbocycles. The summed E-state index contributed by atoms with van der Waals surface area (Å²) in [5.74, 6) is -4.08. The summed E-state index contributed by atoms with van der Waals surface area (Å²) in [6.07, 6.45) is -1.26. The molecule has 1 saturated carbocycles. The van der Waals surface area contributed by atoms with Crippen LogP contribution in [0.1, 0.15) is 42.4 Å². The molecule has 0 saturated heterocycles. The van der Waals surface area contributed by atoms with Gasteiger partial charge >= 0.3 is 5.97 Å². The van der Waals surface area contributed by atoms with Crippen LogP contribution in [0, 0.1) is 13.8 Å². The lowest BCUT2D eigenvalue weighted by atomic mass is 9.67. The Labute approximate surface area is 116 Å². The zero-order valence-corrected chi connectivity index (χ0v) is 11.5. The first-order valence-electron chi connectivity index (χ1n) is 6.60. The molecule has 0 radical (unpaired) electrons. The number of carbonyl (C=O) groups is 1. The third-order valence-electron chi connectivity index (χ3n) is 4.37. The van der Waals surface area contributed by atoms with Gasteiger partial charge < -0.3 is 10.2 Å². The van der Waals surface area contributed by atoms with Gasteiger partial charge in [0.15, 0.2) is 0 Å². The number of aliphatic carboxylic acids is 1. The first-order chi connectivity index (χ1) is 9.18. The zero-order valence-electron chi connectivity index (χ0n) is 11.5. The van der Waals surface area contributed by atoms with E-state index in [0.717, 1.165) is 11.1 Å². The number of alkyl halides is 2. The van der Waals surface area contributed by atoms with Gasteiger partial charge in [-0.2, -0.15) is 0 Å². The van der Waals surface area contributed by atoms with E-state index in [-0.39, 0.29) is 24.2 Å². The molecule has 0 atom stereocenters. The number of hydrogen-bond donors (Lipinski definition) is 2. The largest absolute Gasteiger partial charge is 0.508 e. The van der Waals surface area contributed by atoms with Crippen LogP contribution < -0.4 is 0 Å². The van der Waals surface area contributed by atoms with E-state index in [2.05, 4.69) is 0 Å². The average Bonchev–Trinajstić information content (AvgIpc) is 2.34. The van der Waals surface area contributed by atoms with E-state index in [0.29, 0.717) is 0 Å². The standard InChI is InChI=1S/C15H18F2O3/c1-9-7-11(12(18)8-10(9)2)14(13(19)20)3-5-15(16,17)6-4-14/h7-8,18H,3-6H2,1-2H3,(H,19,20). The van der Waals surface area contributed by atoms with Gasteiger partial charge in [-0.25, -0.2) is 8.78 Å². The zero-order chi connectivity index (χ0) is 15.1. The summed E-state index contributed by atoms with van der Waals surface area (Å²) in [6, 6.07) is 3.12. The lowest BCUT2D eigenvalue weighted by Crippen LogP contribution is -2.42. The number of aromatic hydroxyl groups is 1. The Bertz CT molecular complexity index is 542. The number of hydrogen-bond acceptors (Lipinski definition) is 2. The first-order valence-corrected chi connectivity index (χ1v) is 6.60. The number of phenolic OH excluding ortho intramolecular Hbond substituents is 1.